The van der Waals surface area contributed by atoms with Crippen LogP contribution in [0.3, 0.4) is 0 Å². The van der Waals surface area contributed by atoms with Gasteiger partial charge in [-0.15, -0.1) is 0 Å². The van der Waals surface area contributed by atoms with Crippen LogP contribution in [0, 0.1) is 5.92 Å². The van der Waals surface area contributed by atoms with Gasteiger partial charge in [-0.25, -0.2) is 9.86 Å². The highest BCUT2D eigenvalue weighted by Crippen LogP contribution is 2.31. The first-order chi connectivity index (χ1) is 24.6. The van der Waals surface area contributed by atoms with E-state index in [1.54, 1.807) is 9.80 Å². The minimum atomic E-state index is -0.822. The average molecular weight is 671 g/mol. The lowest BCUT2D eigenvalue weighted by atomic mass is 9.91. The van der Waals surface area contributed by atoms with Gasteiger partial charge in [0.25, 0.3) is 0 Å². The number of piperazine rings is 1. The molecule has 2 aliphatic heterocycles. The van der Waals surface area contributed by atoms with Crippen LogP contribution < -0.4 is 15.1 Å². The van der Waals surface area contributed by atoms with Crippen molar-refractivity contribution in [2.75, 3.05) is 49.1 Å². The predicted octanol–water partition coefficient (Wildman–Crippen LogP) is 5.41. The Morgan fingerprint density at radius 2 is 1.58 bits per heavy atom. The van der Waals surface area contributed by atoms with E-state index in [0.29, 0.717) is 58.5 Å². The van der Waals surface area contributed by atoms with Crippen LogP contribution in [-0.2, 0) is 33.9 Å². The number of anilines is 2. The molecule has 2 aliphatic rings. The second-order valence-corrected chi connectivity index (χ2v) is 13.0. The molecule has 1 fully saturated rings. The highest BCUT2D eigenvalue weighted by molar-refractivity contribution is 6.00. The molecule has 2 unspecified atom stereocenters. The minimum Gasteiger partial charge on any atom is -0.368 e. The molecule has 1 saturated heterocycles. The Bertz CT molecular complexity index is 1910. The Morgan fingerprint density at radius 3 is 2.36 bits per heavy atom. The monoisotopic (exact) mass is 670 g/mol. The summed E-state index contributed by atoms with van der Waals surface area (Å²) in [6.07, 6.45) is 3.63. The molecule has 2 atom stereocenters. The molecule has 0 radical (unpaired) electrons. The molecule has 256 valence electrons. The molecule has 0 aliphatic carbocycles. The largest absolute Gasteiger partial charge is 0.368 e. The van der Waals surface area contributed by atoms with Crippen molar-refractivity contribution >= 4 is 40.6 Å². The maximum absolute atomic E-state index is 14.8. The van der Waals surface area contributed by atoms with Crippen molar-refractivity contribution < 1.29 is 19.2 Å². The first kappa shape index (κ1) is 32.9. The van der Waals surface area contributed by atoms with Gasteiger partial charge in [0, 0.05) is 73.5 Å². The maximum atomic E-state index is 14.8. The van der Waals surface area contributed by atoms with E-state index >= 15 is 0 Å². The zero-order chi connectivity index (χ0) is 34.3. The highest BCUT2D eigenvalue weighted by atomic mass is 16.7. The van der Waals surface area contributed by atoms with Gasteiger partial charge in [0.1, 0.15) is 12.6 Å². The van der Waals surface area contributed by atoms with Crippen molar-refractivity contribution in [1.82, 2.24) is 20.3 Å². The fourth-order valence-corrected chi connectivity index (χ4v) is 7.08. The lowest BCUT2D eigenvalue weighted by Gasteiger charge is -2.39. The SMILES string of the molecule is O=CN(CC1Cc2ccccc2N(C(=O)C(Cc2c[nH]c3ccccc23)NC(=O)N2CCN(c3ccccc3)CC2)C1)OCc1ccccc1. The number of fused-ring (bicyclic) bond motifs is 2. The van der Waals surface area contributed by atoms with Crippen LogP contribution in [0.1, 0.15) is 16.7 Å². The van der Waals surface area contributed by atoms with Crippen LogP contribution in [-0.4, -0.2) is 78.6 Å². The van der Waals surface area contributed by atoms with E-state index < -0.39 is 6.04 Å². The van der Waals surface area contributed by atoms with E-state index in [2.05, 4.69) is 27.3 Å². The molecular weight excluding hydrogens is 628 g/mol. The third-order valence-corrected chi connectivity index (χ3v) is 9.68. The van der Waals surface area contributed by atoms with E-state index in [4.69, 9.17) is 4.84 Å². The van der Waals surface area contributed by atoms with Crippen LogP contribution in [0.4, 0.5) is 16.2 Å². The van der Waals surface area contributed by atoms with Crippen molar-refractivity contribution in [2.45, 2.75) is 25.5 Å². The Morgan fingerprint density at radius 1 is 0.880 bits per heavy atom. The molecule has 10 heteroatoms. The Kier molecular flexibility index (Phi) is 10.1. The van der Waals surface area contributed by atoms with Gasteiger partial charge in [-0.2, -0.15) is 0 Å². The lowest BCUT2D eigenvalue weighted by molar-refractivity contribution is -0.181. The number of para-hydroxylation sites is 3. The number of nitrogens with zero attached hydrogens (tertiary/aromatic N) is 4. The first-order valence-corrected chi connectivity index (χ1v) is 17.2. The summed E-state index contributed by atoms with van der Waals surface area (Å²) < 4.78 is 0. The number of hydroxylamine groups is 2. The van der Waals surface area contributed by atoms with E-state index in [1.165, 1.54) is 5.06 Å². The second kappa shape index (κ2) is 15.3. The summed E-state index contributed by atoms with van der Waals surface area (Å²) in [6, 6.07) is 34.7. The number of aromatic nitrogens is 1. The summed E-state index contributed by atoms with van der Waals surface area (Å²) in [5.41, 5.74) is 5.87. The number of hydrogen-bond donors (Lipinski definition) is 2. The van der Waals surface area contributed by atoms with E-state index in [9.17, 15) is 14.4 Å². The summed E-state index contributed by atoms with van der Waals surface area (Å²) in [5.74, 6) is -0.267. The summed E-state index contributed by atoms with van der Waals surface area (Å²) >= 11 is 0. The lowest BCUT2D eigenvalue weighted by Crippen LogP contribution is -2.58. The first-order valence-electron chi connectivity index (χ1n) is 17.2. The number of benzene rings is 4. The quantitative estimate of drug-likeness (QED) is 0.145. The van der Waals surface area contributed by atoms with Crippen LogP contribution >= 0.6 is 0 Å². The number of rotatable bonds is 11. The van der Waals surface area contributed by atoms with Gasteiger partial charge in [-0.1, -0.05) is 84.9 Å². The van der Waals surface area contributed by atoms with Crippen molar-refractivity contribution in [1.29, 1.82) is 0 Å². The molecule has 0 spiro atoms. The Balaban J connectivity index is 1.10. The predicted molar refractivity (Wildman–Crippen MR) is 195 cm³/mol. The van der Waals surface area contributed by atoms with Crippen molar-refractivity contribution in [3.63, 3.8) is 0 Å². The highest BCUT2D eigenvalue weighted by Gasteiger charge is 2.35. The van der Waals surface area contributed by atoms with Crippen molar-refractivity contribution in [2.24, 2.45) is 5.92 Å². The summed E-state index contributed by atoms with van der Waals surface area (Å²) in [5, 5.41) is 5.50. The zero-order valence-corrected chi connectivity index (χ0v) is 28.0. The Labute approximate surface area is 292 Å². The number of carbonyl (C=O) groups excluding carboxylic acids is 3. The van der Waals surface area contributed by atoms with Crippen LogP contribution in [0.2, 0.25) is 0 Å². The van der Waals surface area contributed by atoms with Crippen LogP contribution in [0.25, 0.3) is 10.9 Å². The van der Waals surface area contributed by atoms with Crippen molar-refractivity contribution in [3.05, 3.63) is 132 Å². The van der Waals surface area contributed by atoms with Gasteiger partial charge in [0.05, 0.1) is 6.54 Å². The fraction of sp³-hybridized carbons (Fsp3) is 0.275. The van der Waals surface area contributed by atoms with E-state index in [0.717, 1.165) is 39.0 Å². The van der Waals surface area contributed by atoms with Gasteiger partial charge in [0.15, 0.2) is 0 Å². The third kappa shape index (κ3) is 7.50. The summed E-state index contributed by atoms with van der Waals surface area (Å²) in [6.45, 7) is 3.48. The van der Waals surface area contributed by atoms with E-state index in [-0.39, 0.29) is 24.5 Å². The second-order valence-electron chi connectivity index (χ2n) is 13.0. The Hall–Kier alpha value is -5.61. The number of H-pyrrole nitrogens is 1. The molecule has 1 aromatic heterocycles. The van der Waals surface area contributed by atoms with Crippen molar-refractivity contribution in [3.8, 4) is 0 Å². The number of urea groups is 1. The normalized spacial score (nSPS) is 16.5. The van der Waals surface area contributed by atoms with Gasteiger partial charge >= 0.3 is 6.03 Å². The molecule has 7 rings (SSSR count). The molecule has 2 N–H and O–H groups in total. The standard InChI is InChI=1S/C40H42N6O4/c47-29-45(50-28-30-11-3-1-4-12-30)26-31-23-32-13-7-10-18-38(32)46(27-31)39(48)37(24-33-25-41-36-17-9-8-16-35(33)36)42-40(49)44-21-19-43(20-22-44)34-14-5-2-6-15-34/h1-18,25,29,31,37,41H,19-24,26-28H2,(H,42,49). The van der Waals surface area contributed by atoms with Gasteiger partial charge in [-0.05, 0) is 47.4 Å². The number of amides is 4. The molecule has 10 nitrogen and oxygen atoms in total. The molecule has 4 aromatic carbocycles. The summed E-state index contributed by atoms with van der Waals surface area (Å²) in [4.78, 5) is 55.8. The molecule has 3 heterocycles. The van der Waals surface area contributed by atoms with Crippen LogP contribution in [0.15, 0.2) is 115 Å². The maximum Gasteiger partial charge on any atom is 0.318 e. The zero-order valence-electron chi connectivity index (χ0n) is 28.0. The smallest absolute Gasteiger partial charge is 0.318 e. The molecular formula is C40H42N6O4. The molecule has 4 amide bonds. The fourth-order valence-electron chi connectivity index (χ4n) is 7.08. The van der Waals surface area contributed by atoms with Gasteiger partial charge in [-0.3, -0.25) is 14.4 Å². The topological polar surface area (TPSA) is 101 Å². The molecule has 0 saturated carbocycles. The van der Waals surface area contributed by atoms with Crippen LogP contribution in [0.5, 0.6) is 0 Å². The number of nitrogens with one attached hydrogen (secondary N) is 2. The number of aromatic amines is 1. The summed E-state index contributed by atoms with van der Waals surface area (Å²) in [7, 11) is 0. The number of hydrogen-bond acceptors (Lipinski definition) is 5. The van der Waals surface area contributed by atoms with Gasteiger partial charge < -0.3 is 25.0 Å². The van der Waals surface area contributed by atoms with E-state index in [1.807, 2.05) is 103 Å². The third-order valence-electron chi connectivity index (χ3n) is 9.68. The molecule has 50 heavy (non-hydrogen) atoms. The minimum absolute atomic E-state index is 0.0784. The molecule has 5 aromatic rings. The van der Waals surface area contributed by atoms with Gasteiger partial charge in [0.2, 0.25) is 12.3 Å². The molecule has 0 bridgehead atoms. The average Bonchev–Trinajstić information content (AvgIpc) is 3.59. The number of carbonyl (C=O) groups is 3.